The minimum atomic E-state index is -0.554. The maximum Gasteiger partial charge on any atom is 0.410 e. The molecule has 1 heterocycles. The first-order valence-electron chi connectivity index (χ1n) is 13.3. The van der Waals surface area contributed by atoms with Gasteiger partial charge in [0.15, 0.2) is 0 Å². The molecule has 1 aromatic rings. The zero-order valence-corrected chi connectivity index (χ0v) is 23.0. The SMILES string of the molecule is CC(C)(C)OC(=O)N1CCN(C(=O)c2ccc(C(=O)NCCCOCCOCCOCCCN)cc2)CC1. The predicted octanol–water partition coefficient (Wildman–Crippen LogP) is 1.90. The van der Waals surface area contributed by atoms with Crippen molar-refractivity contribution in [1.29, 1.82) is 0 Å². The van der Waals surface area contributed by atoms with Gasteiger partial charge in [-0.3, -0.25) is 9.59 Å². The normalized spacial score (nSPS) is 13.9. The molecule has 11 nitrogen and oxygen atoms in total. The highest BCUT2D eigenvalue weighted by atomic mass is 16.6. The van der Waals surface area contributed by atoms with Gasteiger partial charge in [0.2, 0.25) is 0 Å². The van der Waals surface area contributed by atoms with Crippen LogP contribution in [0.4, 0.5) is 4.79 Å². The van der Waals surface area contributed by atoms with E-state index in [4.69, 9.17) is 24.7 Å². The summed E-state index contributed by atoms with van der Waals surface area (Å²) in [5.74, 6) is -0.325. The Kier molecular flexibility index (Phi) is 14.1. The number of hydrogen-bond donors (Lipinski definition) is 2. The summed E-state index contributed by atoms with van der Waals surface area (Å²) < 4.78 is 21.7. The van der Waals surface area contributed by atoms with Gasteiger partial charge in [-0.05, 0) is 64.4 Å². The van der Waals surface area contributed by atoms with Gasteiger partial charge in [0.05, 0.1) is 26.4 Å². The third-order valence-electron chi connectivity index (χ3n) is 5.60. The van der Waals surface area contributed by atoms with Gasteiger partial charge in [0.25, 0.3) is 11.8 Å². The summed E-state index contributed by atoms with van der Waals surface area (Å²) in [6, 6.07) is 6.61. The number of hydrogen-bond acceptors (Lipinski definition) is 8. The lowest BCUT2D eigenvalue weighted by Crippen LogP contribution is -2.51. The molecular weight excluding hydrogens is 492 g/mol. The number of rotatable bonds is 15. The highest BCUT2D eigenvalue weighted by Gasteiger charge is 2.28. The molecule has 1 aromatic carbocycles. The van der Waals surface area contributed by atoms with Crippen molar-refractivity contribution in [2.24, 2.45) is 5.73 Å². The molecule has 38 heavy (non-hydrogen) atoms. The summed E-state index contributed by atoms with van der Waals surface area (Å²) in [5.41, 5.74) is 5.83. The van der Waals surface area contributed by atoms with Crippen molar-refractivity contribution in [2.75, 3.05) is 78.9 Å². The van der Waals surface area contributed by atoms with Gasteiger partial charge in [-0.15, -0.1) is 0 Å². The van der Waals surface area contributed by atoms with Gasteiger partial charge < -0.3 is 39.8 Å². The van der Waals surface area contributed by atoms with E-state index >= 15 is 0 Å². The van der Waals surface area contributed by atoms with E-state index in [2.05, 4.69) is 5.32 Å². The fourth-order valence-corrected chi connectivity index (χ4v) is 3.57. The number of carbonyl (C=O) groups is 3. The lowest BCUT2D eigenvalue weighted by molar-refractivity contribution is 0.0140. The molecule has 1 saturated heterocycles. The number of nitrogens with two attached hydrogens (primary N) is 1. The van der Waals surface area contributed by atoms with E-state index in [9.17, 15) is 14.4 Å². The Hall–Kier alpha value is -2.73. The van der Waals surface area contributed by atoms with Crippen LogP contribution in [0.1, 0.15) is 54.3 Å². The fourth-order valence-electron chi connectivity index (χ4n) is 3.57. The van der Waals surface area contributed by atoms with E-state index in [0.29, 0.717) is 96.5 Å². The smallest absolute Gasteiger partial charge is 0.410 e. The molecule has 0 unspecified atom stereocenters. The largest absolute Gasteiger partial charge is 0.444 e. The first kappa shape index (κ1) is 31.5. The summed E-state index contributed by atoms with van der Waals surface area (Å²) in [4.78, 5) is 40.8. The van der Waals surface area contributed by atoms with Crippen LogP contribution in [0.2, 0.25) is 0 Å². The van der Waals surface area contributed by atoms with Crippen molar-refractivity contribution in [3.8, 4) is 0 Å². The summed E-state index contributed by atoms with van der Waals surface area (Å²) in [6.07, 6.45) is 1.17. The monoisotopic (exact) mass is 536 g/mol. The average molecular weight is 537 g/mol. The molecule has 1 fully saturated rings. The maximum absolute atomic E-state index is 12.9. The van der Waals surface area contributed by atoms with Gasteiger partial charge in [-0.2, -0.15) is 0 Å². The van der Waals surface area contributed by atoms with Crippen LogP contribution >= 0.6 is 0 Å². The molecule has 0 spiro atoms. The lowest BCUT2D eigenvalue weighted by Gasteiger charge is -2.35. The van der Waals surface area contributed by atoms with Gasteiger partial charge in [0.1, 0.15) is 5.60 Å². The minimum absolute atomic E-state index is 0.124. The number of ether oxygens (including phenoxy) is 4. The maximum atomic E-state index is 12.9. The quantitative estimate of drug-likeness (QED) is 0.325. The van der Waals surface area contributed by atoms with Crippen LogP contribution in [0.3, 0.4) is 0 Å². The second-order valence-electron chi connectivity index (χ2n) is 9.93. The number of carbonyl (C=O) groups excluding carboxylic acids is 3. The van der Waals surface area contributed by atoms with Crippen LogP contribution in [0.5, 0.6) is 0 Å². The summed E-state index contributed by atoms with van der Waals surface area (Å²) in [6.45, 7) is 11.5. The van der Waals surface area contributed by atoms with Crippen molar-refractivity contribution in [3.63, 3.8) is 0 Å². The summed E-state index contributed by atoms with van der Waals surface area (Å²) >= 11 is 0. The molecule has 0 radical (unpaired) electrons. The number of nitrogens with zero attached hydrogens (tertiary/aromatic N) is 2. The molecule has 11 heteroatoms. The molecule has 3 amide bonds. The van der Waals surface area contributed by atoms with Crippen LogP contribution in [-0.4, -0.2) is 112 Å². The highest BCUT2D eigenvalue weighted by molar-refractivity contribution is 5.97. The van der Waals surface area contributed by atoms with Gasteiger partial charge >= 0.3 is 6.09 Å². The summed E-state index contributed by atoms with van der Waals surface area (Å²) in [7, 11) is 0. The van der Waals surface area contributed by atoms with Crippen LogP contribution < -0.4 is 11.1 Å². The Morgan fingerprint density at radius 2 is 1.29 bits per heavy atom. The van der Waals surface area contributed by atoms with E-state index in [0.717, 1.165) is 6.42 Å². The Labute approximate surface area is 225 Å². The Balaban J connectivity index is 1.59. The van der Waals surface area contributed by atoms with Crippen molar-refractivity contribution >= 4 is 17.9 Å². The van der Waals surface area contributed by atoms with E-state index in [1.54, 1.807) is 34.1 Å². The third-order valence-corrected chi connectivity index (χ3v) is 5.60. The highest BCUT2D eigenvalue weighted by Crippen LogP contribution is 2.14. The van der Waals surface area contributed by atoms with E-state index in [-0.39, 0.29) is 17.9 Å². The molecule has 0 saturated carbocycles. The molecule has 3 N–H and O–H groups in total. The van der Waals surface area contributed by atoms with Crippen molar-refractivity contribution < 1.29 is 33.3 Å². The molecule has 1 aliphatic heterocycles. The second kappa shape index (κ2) is 17.0. The molecule has 0 atom stereocenters. The molecule has 0 bridgehead atoms. The Bertz CT molecular complexity index is 850. The fraction of sp³-hybridized carbons (Fsp3) is 0.667. The molecule has 1 aliphatic rings. The standard InChI is InChI=1S/C27H44N4O7/c1-27(2,3)38-26(34)31-14-12-30(13-15-31)25(33)23-8-6-22(7-9-23)24(32)29-11-5-17-36-19-21-37-20-18-35-16-4-10-28/h6-9H,4-5,10-21,28H2,1-3H3,(H,29,32). The second-order valence-corrected chi connectivity index (χ2v) is 9.93. The number of piperazine rings is 1. The molecule has 214 valence electrons. The average Bonchev–Trinajstić information content (AvgIpc) is 2.90. The van der Waals surface area contributed by atoms with Crippen molar-refractivity contribution in [3.05, 3.63) is 35.4 Å². The first-order chi connectivity index (χ1) is 18.2. The van der Waals surface area contributed by atoms with Crippen LogP contribution in [0, 0.1) is 0 Å². The summed E-state index contributed by atoms with van der Waals surface area (Å²) in [5, 5.41) is 2.86. The van der Waals surface area contributed by atoms with Crippen molar-refractivity contribution in [1.82, 2.24) is 15.1 Å². The third kappa shape index (κ3) is 12.2. The zero-order valence-electron chi connectivity index (χ0n) is 23.0. The first-order valence-corrected chi connectivity index (χ1v) is 13.3. The zero-order chi connectivity index (χ0) is 27.8. The van der Waals surface area contributed by atoms with Crippen LogP contribution in [-0.2, 0) is 18.9 Å². The number of amides is 3. The molecule has 0 aliphatic carbocycles. The predicted molar refractivity (Wildman–Crippen MR) is 143 cm³/mol. The van der Waals surface area contributed by atoms with Gasteiger partial charge in [-0.1, -0.05) is 0 Å². The van der Waals surface area contributed by atoms with Crippen molar-refractivity contribution in [2.45, 2.75) is 39.2 Å². The van der Waals surface area contributed by atoms with E-state index < -0.39 is 5.60 Å². The Morgan fingerprint density at radius 1 is 0.789 bits per heavy atom. The van der Waals surface area contributed by atoms with Crippen LogP contribution in [0.25, 0.3) is 0 Å². The van der Waals surface area contributed by atoms with Gasteiger partial charge in [-0.25, -0.2) is 4.79 Å². The van der Waals surface area contributed by atoms with Crippen LogP contribution in [0.15, 0.2) is 24.3 Å². The lowest BCUT2D eigenvalue weighted by atomic mass is 10.1. The molecular formula is C27H44N4O7. The minimum Gasteiger partial charge on any atom is -0.444 e. The van der Waals surface area contributed by atoms with Gasteiger partial charge in [0, 0.05) is 57.1 Å². The van der Waals surface area contributed by atoms with E-state index in [1.807, 2.05) is 20.8 Å². The van der Waals surface area contributed by atoms with E-state index in [1.165, 1.54) is 0 Å². The Morgan fingerprint density at radius 3 is 1.84 bits per heavy atom. The molecule has 2 rings (SSSR count). The molecule has 0 aromatic heterocycles. The number of nitrogens with one attached hydrogen (secondary N) is 1. The number of benzene rings is 1. The topological polar surface area (TPSA) is 133 Å².